The number of ether oxygens (including phenoxy) is 1. The first-order valence-electron chi connectivity index (χ1n) is 5.78. The lowest BCUT2D eigenvalue weighted by Gasteiger charge is -2.07. The highest BCUT2D eigenvalue weighted by Crippen LogP contribution is 2.05. The van der Waals surface area contributed by atoms with Gasteiger partial charge in [0.15, 0.2) is 0 Å². The van der Waals surface area contributed by atoms with Gasteiger partial charge in [-0.05, 0) is 31.0 Å². The van der Waals surface area contributed by atoms with Crippen molar-refractivity contribution in [2.24, 2.45) is 0 Å². The topological polar surface area (TPSA) is 41.5 Å². The van der Waals surface area contributed by atoms with Crippen LogP contribution in [0, 0.1) is 6.92 Å². The molecule has 0 bridgehead atoms. The second-order valence-corrected chi connectivity index (χ2v) is 3.79. The van der Waals surface area contributed by atoms with Gasteiger partial charge >= 0.3 is 0 Å². The maximum Gasteiger partial charge on any atom is 0.0697 e. The third-order valence-corrected chi connectivity index (χ3v) is 2.45. The summed E-state index contributed by atoms with van der Waals surface area (Å²) in [6.45, 7) is 5.24. The third kappa shape index (κ3) is 5.26. The number of rotatable bonds is 8. The lowest BCUT2D eigenvalue weighted by Crippen LogP contribution is -2.17. The van der Waals surface area contributed by atoms with Crippen molar-refractivity contribution in [3.8, 4) is 0 Å². The molecular formula is C13H21NO2. The van der Waals surface area contributed by atoms with E-state index >= 15 is 0 Å². The van der Waals surface area contributed by atoms with Gasteiger partial charge in [0, 0.05) is 13.2 Å². The average molecular weight is 223 g/mol. The molecule has 0 aliphatic rings. The molecular weight excluding hydrogens is 202 g/mol. The summed E-state index contributed by atoms with van der Waals surface area (Å²) in [4.78, 5) is 0. The molecule has 0 fully saturated rings. The van der Waals surface area contributed by atoms with Crippen molar-refractivity contribution in [3.05, 3.63) is 35.4 Å². The first-order valence-corrected chi connectivity index (χ1v) is 5.78. The summed E-state index contributed by atoms with van der Waals surface area (Å²) in [5.41, 5.74) is 2.67. The minimum Gasteiger partial charge on any atom is -0.394 e. The normalized spacial score (nSPS) is 10.6. The quantitative estimate of drug-likeness (QED) is 0.656. The van der Waals surface area contributed by atoms with Crippen molar-refractivity contribution in [2.45, 2.75) is 19.9 Å². The van der Waals surface area contributed by atoms with E-state index in [1.165, 1.54) is 11.1 Å². The molecule has 0 saturated heterocycles. The van der Waals surface area contributed by atoms with E-state index in [0.29, 0.717) is 13.2 Å². The van der Waals surface area contributed by atoms with Crippen molar-refractivity contribution in [1.29, 1.82) is 0 Å². The van der Waals surface area contributed by atoms with Crippen LogP contribution in [0.5, 0.6) is 0 Å². The molecule has 0 unspecified atom stereocenters. The molecule has 0 aromatic heterocycles. The number of aliphatic hydroxyl groups excluding tert-OH is 1. The minimum atomic E-state index is 0.108. The summed E-state index contributed by atoms with van der Waals surface area (Å²) in [7, 11) is 0. The smallest absolute Gasteiger partial charge is 0.0697 e. The molecule has 1 aromatic rings. The van der Waals surface area contributed by atoms with Crippen LogP contribution in [0.1, 0.15) is 17.5 Å². The molecule has 0 radical (unpaired) electrons. The Hall–Kier alpha value is -0.900. The largest absolute Gasteiger partial charge is 0.394 e. The number of aryl methyl sites for hydroxylation is 1. The zero-order chi connectivity index (χ0) is 11.6. The molecule has 3 nitrogen and oxygen atoms in total. The van der Waals surface area contributed by atoms with Crippen molar-refractivity contribution in [2.75, 3.05) is 26.4 Å². The number of benzene rings is 1. The standard InChI is InChI=1S/C13H21NO2/c1-12-5-2-3-6-13(12)11-14-7-4-9-16-10-8-15/h2-3,5-6,14-15H,4,7-11H2,1H3. The van der Waals surface area contributed by atoms with Gasteiger partial charge in [0.2, 0.25) is 0 Å². The van der Waals surface area contributed by atoms with Gasteiger partial charge in [-0.3, -0.25) is 0 Å². The Bertz CT molecular complexity index is 289. The third-order valence-electron chi connectivity index (χ3n) is 2.45. The Morgan fingerprint density at radius 1 is 1.25 bits per heavy atom. The molecule has 2 N–H and O–H groups in total. The van der Waals surface area contributed by atoms with E-state index in [0.717, 1.165) is 19.5 Å². The van der Waals surface area contributed by atoms with Gasteiger partial charge in [-0.2, -0.15) is 0 Å². The molecule has 0 spiro atoms. The molecule has 1 rings (SSSR count). The van der Waals surface area contributed by atoms with Crippen LogP contribution >= 0.6 is 0 Å². The summed E-state index contributed by atoms with van der Waals surface area (Å²) >= 11 is 0. The van der Waals surface area contributed by atoms with E-state index < -0.39 is 0 Å². The highest BCUT2D eigenvalue weighted by molar-refractivity contribution is 5.25. The van der Waals surface area contributed by atoms with E-state index in [-0.39, 0.29) is 6.61 Å². The molecule has 1 aromatic carbocycles. The van der Waals surface area contributed by atoms with Crippen LogP contribution in [-0.2, 0) is 11.3 Å². The summed E-state index contributed by atoms with van der Waals surface area (Å²) in [5, 5.41) is 11.9. The zero-order valence-electron chi connectivity index (χ0n) is 9.91. The van der Waals surface area contributed by atoms with E-state index in [1.807, 2.05) is 0 Å². The van der Waals surface area contributed by atoms with Crippen LogP contribution in [0.25, 0.3) is 0 Å². The van der Waals surface area contributed by atoms with E-state index in [2.05, 4.69) is 36.5 Å². The molecule has 0 heterocycles. The fourth-order valence-corrected chi connectivity index (χ4v) is 1.50. The number of aliphatic hydroxyl groups is 1. The van der Waals surface area contributed by atoms with Gasteiger partial charge in [-0.25, -0.2) is 0 Å². The Kier molecular flexibility index (Phi) is 6.81. The maximum absolute atomic E-state index is 8.51. The van der Waals surface area contributed by atoms with Gasteiger partial charge < -0.3 is 15.2 Å². The molecule has 90 valence electrons. The molecule has 0 aliphatic heterocycles. The summed E-state index contributed by atoms with van der Waals surface area (Å²) < 4.78 is 5.17. The first-order chi connectivity index (χ1) is 7.84. The van der Waals surface area contributed by atoms with Crippen LogP contribution in [0.3, 0.4) is 0 Å². The molecule has 16 heavy (non-hydrogen) atoms. The van der Waals surface area contributed by atoms with Gasteiger partial charge in [0.05, 0.1) is 13.2 Å². The Morgan fingerprint density at radius 2 is 2.06 bits per heavy atom. The highest BCUT2D eigenvalue weighted by Gasteiger charge is 1.95. The van der Waals surface area contributed by atoms with Crippen LogP contribution in [0.2, 0.25) is 0 Å². The van der Waals surface area contributed by atoms with Crippen molar-refractivity contribution >= 4 is 0 Å². The molecule has 3 heteroatoms. The van der Waals surface area contributed by atoms with Crippen LogP contribution < -0.4 is 5.32 Å². The van der Waals surface area contributed by atoms with E-state index in [1.54, 1.807) is 0 Å². The second-order valence-electron chi connectivity index (χ2n) is 3.79. The summed E-state index contributed by atoms with van der Waals surface area (Å²) in [6, 6.07) is 8.39. The molecule has 0 saturated carbocycles. The lowest BCUT2D eigenvalue weighted by atomic mass is 10.1. The summed E-state index contributed by atoms with van der Waals surface area (Å²) in [5.74, 6) is 0. The second kappa shape index (κ2) is 8.28. The van der Waals surface area contributed by atoms with Crippen molar-refractivity contribution in [3.63, 3.8) is 0 Å². The molecule has 0 amide bonds. The minimum absolute atomic E-state index is 0.108. The monoisotopic (exact) mass is 223 g/mol. The van der Waals surface area contributed by atoms with Crippen LogP contribution in [-0.4, -0.2) is 31.5 Å². The van der Waals surface area contributed by atoms with Gasteiger partial charge in [0.1, 0.15) is 0 Å². The number of nitrogens with one attached hydrogen (secondary N) is 1. The Labute approximate surface area is 97.4 Å². The number of hydrogen-bond donors (Lipinski definition) is 2. The van der Waals surface area contributed by atoms with E-state index in [4.69, 9.17) is 9.84 Å². The lowest BCUT2D eigenvalue weighted by molar-refractivity contribution is 0.0907. The Balaban J connectivity index is 2.05. The molecule has 0 aliphatic carbocycles. The van der Waals surface area contributed by atoms with Crippen molar-refractivity contribution in [1.82, 2.24) is 5.32 Å². The number of hydrogen-bond acceptors (Lipinski definition) is 3. The maximum atomic E-state index is 8.51. The average Bonchev–Trinajstić information content (AvgIpc) is 2.30. The predicted octanol–water partition coefficient (Wildman–Crippen LogP) is 1.48. The fraction of sp³-hybridized carbons (Fsp3) is 0.538. The highest BCUT2D eigenvalue weighted by atomic mass is 16.5. The van der Waals surface area contributed by atoms with Crippen LogP contribution in [0.4, 0.5) is 0 Å². The zero-order valence-corrected chi connectivity index (χ0v) is 9.91. The van der Waals surface area contributed by atoms with E-state index in [9.17, 15) is 0 Å². The van der Waals surface area contributed by atoms with Gasteiger partial charge in [-0.1, -0.05) is 24.3 Å². The predicted molar refractivity (Wildman–Crippen MR) is 65.4 cm³/mol. The fourth-order valence-electron chi connectivity index (χ4n) is 1.50. The van der Waals surface area contributed by atoms with Gasteiger partial charge in [0.25, 0.3) is 0 Å². The molecule has 0 atom stereocenters. The first kappa shape index (κ1) is 13.2. The van der Waals surface area contributed by atoms with Gasteiger partial charge in [-0.15, -0.1) is 0 Å². The van der Waals surface area contributed by atoms with Crippen molar-refractivity contribution < 1.29 is 9.84 Å². The SMILES string of the molecule is Cc1ccccc1CNCCCOCCO. The summed E-state index contributed by atoms with van der Waals surface area (Å²) in [6.07, 6.45) is 0.978. The van der Waals surface area contributed by atoms with Crippen LogP contribution in [0.15, 0.2) is 24.3 Å². The Morgan fingerprint density at radius 3 is 2.81 bits per heavy atom.